The Labute approximate surface area is 144 Å². The van der Waals surface area contributed by atoms with Gasteiger partial charge in [0.25, 0.3) is 0 Å². The van der Waals surface area contributed by atoms with Crippen molar-refractivity contribution >= 4 is 30.3 Å². The molecular formula is C17H19NO7. The van der Waals surface area contributed by atoms with Crippen LogP contribution in [-0.4, -0.2) is 48.5 Å². The van der Waals surface area contributed by atoms with Gasteiger partial charge >= 0.3 is 11.9 Å². The Balaban J connectivity index is 0.000000275. The lowest BCUT2D eigenvalue weighted by atomic mass is 10.1. The fourth-order valence-corrected chi connectivity index (χ4v) is 2.01. The number of hydrogen-bond acceptors (Lipinski definition) is 8. The zero-order valence-corrected chi connectivity index (χ0v) is 14.0. The van der Waals surface area contributed by atoms with Gasteiger partial charge in [-0.15, -0.1) is 0 Å². The van der Waals surface area contributed by atoms with Crippen LogP contribution in [0.4, 0.5) is 0 Å². The smallest absolute Gasteiger partial charge is 0.339 e. The van der Waals surface area contributed by atoms with Gasteiger partial charge in [0.2, 0.25) is 0 Å². The van der Waals surface area contributed by atoms with Crippen LogP contribution in [0.1, 0.15) is 46.7 Å². The van der Waals surface area contributed by atoms with Crippen LogP contribution in [0.15, 0.2) is 12.3 Å². The number of pyridine rings is 1. The van der Waals surface area contributed by atoms with Gasteiger partial charge in [-0.25, -0.2) is 4.79 Å². The Bertz CT molecular complexity index is 661. The van der Waals surface area contributed by atoms with Crippen molar-refractivity contribution in [3.63, 3.8) is 0 Å². The van der Waals surface area contributed by atoms with E-state index in [1.54, 1.807) is 19.9 Å². The van der Waals surface area contributed by atoms with Gasteiger partial charge in [0, 0.05) is 18.2 Å². The largest absolute Gasteiger partial charge is 0.465 e. The summed E-state index contributed by atoms with van der Waals surface area (Å²) in [6, 6.07) is 1.58. The number of fused-ring (bicyclic) bond motifs is 1. The highest BCUT2D eigenvalue weighted by Gasteiger charge is 2.22. The van der Waals surface area contributed by atoms with Crippen molar-refractivity contribution in [1.29, 1.82) is 0 Å². The van der Waals surface area contributed by atoms with Crippen LogP contribution >= 0.6 is 0 Å². The predicted molar refractivity (Wildman–Crippen MR) is 85.1 cm³/mol. The van der Waals surface area contributed by atoms with Gasteiger partial charge in [-0.1, -0.05) is 0 Å². The van der Waals surface area contributed by atoms with Crippen molar-refractivity contribution in [1.82, 2.24) is 4.98 Å². The predicted octanol–water partition coefficient (Wildman–Crippen LogP) is 0.951. The Hall–Kier alpha value is -2.90. The molecule has 2 rings (SSSR count). The molecule has 0 amide bonds. The van der Waals surface area contributed by atoms with E-state index < -0.39 is 17.9 Å². The van der Waals surface area contributed by atoms with Gasteiger partial charge in [0.15, 0.2) is 11.7 Å². The molecule has 1 aliphatic carbocycles. The fourth-order valence-electron chi connectivity index (χ4n) is 2.01. The highest BCUT2D eigenvalue weighted by Crippen LogP contribution is 2.20. The van der Waals surface area contributed by atoms with Crippen LogP contribution in [0.2, 0.25) is 0 Å². The maximum absolute atomic E-state index is 11.4. The first-order valence-corrected chi connectivity index (χ1v) is 7.74. The SMILES string of the molecule is CCOC(=O)C(C=O)C=O.CCOC(=O)c1cnc2c(c1)C(=O)CC2. The maximum atomic E-state index is 11.4. The zero-order chi connectivity index (χ0) is 18.8. The third kappa shape index (κ3) is 5.59. The highest BCUT2D eigenvalue weighted by molar-refractivity contribution is 6.02. The van der Waals surface area contributed by atoms with Gasteiger partial charge in [-0.2, -0.15) is 0 Å². The molecule has 25 heavy (non-hydrogen) atoms. The fraction of sp³-hybridized carbons (Fsp3) is 0.412. The first-order valence-electron chi connectivity index (χ1n) is 7.74. The quantitative estimate of drug-likeness (QED) is 0.423. The van der Waals surface area contributed by atoms with Gasteiger partial charge in [-0.3, -0.25) is 14.6 Å². The van der Waals surface area contributed by atoms with E-state index in [2.05, 4.69) is 9.72 Å². The van der Waals surface area contributed by atoms with Gasteiger partial charge in [0.1, 0.15) is 12.6 Å². The third-order valence-corrected chi connectivity index (χ3v) is 3.22. The molecule has 0 spiro atoms. The molecule has 0 aliphatic heterocycles. The van der Waals surface area contributed by atoms with Gasteiger partial charge in [0.05, 0.1) is 24.5 Å². The minimum Gasteiger partial charge on any atom is -0.465 e. The van der Waals surface area contributed by atoms with Crippen molar-refractivity contribution in [2.75, 3.05) is 13.2 Å². The summed E-state index contributed by atoms with van der Waals surface area (Å²) in [5.74, 6) is -2.40. The molecule has 134 valence electrons. The number of Topliss-reactive ketones (excluding diaryl/α,β-unsaturated/α-hetero) is 1. The monoisotopic (exact) mass is 349 g/mol. The standard InChI is InChI=1S/C11H11NO3.C6H8O4/c1-2-15-11(14)7-5-8-9(12-6-7)3-4-10(8)13;1-2-10-6(9)5(3-7)4-8/h5-6H,2-4H2,1H3;3-5H,2H2,1H3. The van der Waals surface area contributed by atoms with Crippen molar-refractivity contribution < 1.29 is 33.4 Å². The first-order chi connectivity index (χ1) is 12.0. The van der Waals surface area contributed by atoms with Crippen LogP contribution in [0.5, 0.6) is 0 Å². The van der Waals surface area contributed by atoms with E-state index in [0.29, 0.717) is 30.6 Å². The van der Waals surface area contributed by atoms with Crippen LogP contribution in [-0.2, 0) is 30.3 Å². The van der Waals surface area contributed by atoms with E-state index in [9.17, 15) is 24.0 Å². The number of esters is 2. The third-order valence-electron chi connectivity index (χ3n) is 3.22. The summed E-state index contributed by atoms with van der Waals surface area (Å²) in [5, 5.41) is 0. The topological polar surface area (TPSA) is 117 Å². The Kier molecular flexibility index (Phi) is 8.11. The Morgan fingerprint density at radius 3 is 2.36 bits per heavy atom. The van der Waals surface area contributed by atoms with Crippen LogP contribution < -0.4 is 0 Å². The second kappa shape index (κ2) is 10.1. The number of ether oxygens (including phenoxy) is 2. The van der Waals surface area contributed by atoms with Crippen molar-refractivity contribution in [2.24, 2.45) is 5.92 Å². The number of carbonyl (C=O) groups is 5. The minimum atomic E-state index is -1.25. The average molecular weight is 349 g/mol. The van der Waals surface area contributed by atoms with Crippen LogP contribution in [0, 0.1) is 5.92 Å². The number of aryl methyl sites for hydroxylation is 1. The van der Waals surface area contributed by atoms with Crippen LogP contribution in [0.25, 0.3) is 0 Å². The van der Waals surface area contributed by atoms with Crippen LogP contribution in [0.3, 0.4) is 0 Å². The number of aldehydes is 2. The summed E-state index contributed by atoms with van der Waals surface area (Å²) in [7, 11) is 0. The summed E-state index contributed by atoms with van der Waals surface area (Å²) in [6.07, 6.45) is 3.15. The molecule has 1 aliphatic rings. The molecule has 0 bridgehead atoms. The van der Waals surface area contributed by atoms with Crippen molar-refractivity contribution in [2.45, 2.75) is 26.7 Å². The number of nitrogens with zero attached hydrogens (tertiary/aromatic N) is 1. The number of hydrogen-bond donors (Lipinski definition) is 0. The van der Waals surface area contributed by atoms with Crippen molar-refractivity contribution in [3.8, 4) is 0 Å². The molecule has 1 aromatic heterocycles. The van der Waals surface area contributed by atoms with E-state index >= 15 is 0 Å². The van der Waals surface area contributed by atoms with E-state index in [4.69, 9.17) is 4.74 Å². The lowest BCUT2D eigenvalue weighted by Crippen LogP contribution is -2.19. The molecule has 0 fully saturated rings. The molecule has 0 radical (unpaired) electrons. The number of ketones is 1. The lowest BCUT2D eigenvalue weighted by molar-refractivity contribution is -0.150. The van der Waals surface area contributed by atoms with E-state index in [1.165, 1.54) is 6.20 Å². The highest BCUT2D eigenvalue weighted by atomic mass is 16.5. The molecule has 0 saturated heterocycles. The molecule has 0 atom stereocenters. The van der Waals surface area contributed by atoms with E-state index in [1.807, 2.05) is 0 Å². The summed E-state index contributed by atoms with van der Waals surface area (Å²) in [6.45, 7) is 3.84. The first kappa shape index (κ1) is 20.1. The number of carbonyl (C=O) groups excluding carboxylic acids is 5. The molecule has 1 aromatic rings. The number of rotatable bonds is 6. The summed E-state index contributed by atoms with van der Waals surface area (Å²) >= 11 is 0. The normalized spacial score (nSPS) is 11.9. The Morgan fingerprint density at radius 1 is 1.16 bits per heavy atom. The van der Waals surface area contributed by atoms with Gasteiger partial charge < -0.3 is 19.1 Å². The van der Waals surface area contributed by atoms with Crippen molar-refractivity contribution in [3.05, 3.63) is 29.1 Å². The summed E-state index contributed by atoms with van der Waals surface area (Å²) in [5.41, 5.74) is 1.71. The molecule has 1 heterocycles. The molecule has 8 nitrogen and oxygen atoms in total. The molecule has 0 unspecified atom stereocenters. The second-order valence-corrected chi connectivity index (χ2v) is 4.91. The molecule has 8 heteroatoms. The lowest BCUT2D eigenvalue weighted by Gasteiger charge is -2.02. The van der Waals surface area contributed by atoms with E-state index in [0.717, 1.165) is 5.69 Å². The maximum Gasteiger partial charge on any atom is 0.339 e. The molecule has 0 aromatic carbocycles. The van der Waals surface area contributed by atoms with Gasteiger partial charge in [-0.05, 0) is 26.3 Å². The number of aromatic nitrogens is 1. The second-order valence-electron chi connectivity index (χ2n) is 4.91. The minimum absolute atomic E-state index is 0.0589. The molecule has 0 N–H and O–H groups in total. The molecular weight excluding hydrogens is 330 g/mol. The average Bonchev–Trinajstić information content (AvgIpc) is 2.98. The Morgan fingerprint density at radius 2 is 1.80 bits per heavy atom. The molecule has 0 saturated carbocycles. The summed E-state index contributed by atoms with van der Waals surface area (Å²) in [4.78, 5) is 57.2. The zero-order valence-electron chi connectivity index (χ0n) is 14.0. The summed E-state index contributed by atoms with van der Waals surface area (Å²) < 4.78 is 9.22. The van der Waals surface area contributed by atoms with E-state index in [-0.39, 0.29) is 25.0 Å².